The molecule has 0 atom stereocenters. The highest BCUT2D eigenvalue weighted by Gasteiger charge is 2.10. The summed E-state index contributed by atoms with van der Waals surface area (Å²) in [6.45, 7) is 1.77. The second-order valence-corrected chi connectivity index (χ2v) is 4.78. The highest BCUT2D eigenvalue weighted by molar-refractivity contribution is 7.80. The maximum absolute atomic E-state index is 11.8. The van der Waals surface area contributed by atoms with Gasteiger partial charge in [0.25, 0.3) is 5.91 Å². The summed E-state index contributed by atoms with van der Waals surface area (Å²) >= 11 is 5.07. The first-order valence-corrected chi connectivity index (χ1v) is 7.05. The van der Waals surface area contributed by atoms with Gasteiger partial charge in [-0.25, -0.2) is 0 Å². The number of hydrogen-bond donors (Lipinski definition) is 3. The monoisotopic (exact) mass is 317 g/mol. The van der Waals surface area contributed by atoms with Crippen molar-refractivity contribution in [3.63, 3.8) is 0 Å². The van der Waals surface area contributed by atoms with E-state index in [1.807, 2.05) is 0 Å². The summed E-state index contributed by atoms with van der Waals surface area (Å²) < 4.78 is 4.97. The first-order chi connectivity index (χ1) is 10.6. The van der Waals surface area contributed by atoms with Crippen LogP contribution < -0.4 is 16.0 Å². The van der Waals surface area contributed by atoms with Crippen LogP contribution in [-0.2, 0) is 4.79 Å². The van der Waals surface area contributed by atoms with Crippen LogP contribution in [-0.4, -0.2) is 16.9 Å². The Balaban J connectivity index is 1.95. The highest BCUT2D eigenvalue weighted by atomic mass is 32.1. The molecule has 0 aliphatic rings. The number of rotatable bonds is 4. The van der Waals surface area contributed by atoms with Gasteiger partial charge in [0.1, 0.15) is 0 Å². The molecular formula is C15H15N3O3S. The Morgan fingerprint density at radius 1 is 1.14 bits per heavy atom. The van der Waals surface area contributed by atoms with Crippen LogP contribution in [0.25, 0.3) is 0 Å². The molecule has 2 aromatic rings. The number of benzene rings is 1. The molecule has 1 aromatic carbocycles. The lowest BCUT2D eigenvalue weighted by atomic mass is 10.2. The van der Waals surface area contributed by atoms with Crippen molar-refractivity contribution in [1.29, 1.82) is 0 Å². The van der Waals surface area contributed by atoms with Crippen LogP contribution in [0.3, 0.4) is 0 Å². The average Bonchev–Trinajstić information content (AvgIpc) is 3.01. The highest BCUT2D eigenvalue weighted by Crippen LogP contribution is 2.15. The Labute approximate surface area is 132 Å². The Morgan fingerprint density at radius 2 is 1.86 bits per heavy atom. The summed E-state index contributed by atoms with van der Waals surface area (Å²) in [5.41, 5.74) is 1.30. The van der Waals surface area contributed by atoms with E-state index in [-0.39, 0.29) is 16.8 Å². The van der Waals surface area contributed by atoms with Crippen molar-refractivity contribution in [3.05, 3.63) is 48.4 Å². The summed E-state index contributed by atoms with van der Waals surface area (Å²) in [6, 6.07) is 10.2. The fourth-order valence-corrected chi connectivity index (χ4v) is 1.87. The van der Waals surface area contributed by atoms with Gasteiger partial charge in [0.15, 0.2) is 10.9 Å². The van der Waals surface area contributed by atoms with Gasteiger partial charge >= 0.3 is 0 Å². The fourth-order valence-electron chi connectivity index (χ4n) is 1.66. The second kappa shape index (κ2) is 7.37. The molecule has 0 spiro atoms. The minimum absolute atomic E-state index is 0.0779. The van der Waals surface area contributed by atoms with Crippen LogP contribution in [0.1, 0.15) is 23.9 Å². The van der Waals surface area contributed by atoms with E-state index in [0.717, 1.165) is 0 Å². The van der Waals surface area contributed by atoms with Crippen LogP contribution in [0.4, 0.5) is 11.4 Å². The summed E-state index contributed by atoms with van der Waals surface area (Å²) in [7, 11) is 0. The largest absolute Gasteiger partial charge is 0.459 e. The molecule has 3 N–H and O–H groups in total. The molecule has 0 radical (unpaired) electrons. The first kappa shape index (κ1) is 15.7. The van der Waals surface area contributed by atoms with Gasteiger partial charge in [-0.15, -0.1) is 0 Å². The van der Waals surface area contributed by atoms with Gasteiger partial charge < -0.3 is 15.1 Å². The van der Waals surface area contributed by atoms with Gasteiger partial charge in [0, 0.05) is 17.8 Å². The molecule has 0 unspecified atom stereocenters. The van der Waals surface area contributed by atoms with E-state index in [4.69, 9.17) is 16.6 Å². The van der Waals surface area contributed by atoms with Crippen molar-refractivity contribution >= 4 is 40.5 Å². The van der Waals surface area contributed by atoms with Crippen molar-refractivity contribution in [2.24, 2.45) is 0 Å². The number of carbonyl (C=O) groups excluding carboxylic acids is 2. The molecule has 2 amide bonds. The number of thiocarbonyl (C=S) groups is 1. The van der Waals surface area contributed by atoms with Crippen molar-refractivity contribution < 1.29 is 14.0 Å². The molecule has 0 aliphatic heterocycles. The van der Waals surface area contributed by atoms with E-state index in [0.29, 0.717) is 17.8 Å². The maximum atomic E-state index is 11.8. The molecule has 22 heavy (non-hydrogen) atoms. The number of hydrogen-bond acceptors (Lipinski definition) is 4. The van der Waals surface area contributed by atoms with Crippen LogP contribution in [0.5, 0.6) is 0 Å². The summed E-state index contributed by atoms with van der Waals surface area (Å²) in [4.78, 5) is 23.1. The Hall–Kier alpha value is -2.67. The molecule has 0 bridgehead atoms. The third-order valence-corrected chi connectivity index (χ3v) is 2.90. The SMILES string of the molecule is CCC(=O)Nc1cccc(NC(=S)NC(=O)c2ccco2)c1. The molecule has 0 aliphatic carbocycles. The molecule has 1 heterocycles. The standard InChI is InChI=1S/C15H15N3O3S/c1-2-13(19)16-10-5-3-6-11(9-10)17-15(22)18-14(20)12-7-4-8-21-12/h3-9H,2H2,1H3,(H,16,19)(H2,17,18,20,22). The fraction of sp³-hybridized carbons (Fsp3) is 0.133. The molecule has 2 rings (SSSR count). The minimum atomic E-state index is -0.432. The topological polar surface area (TPSA) is 83.4 Å². The van der Waals surface area contributed by atoms with E-state index < -0.39 is 5.91 Å². The van der Waals surface area contributed by atoms with Gasteiger partial charge in [0.05, 0.1) is 6.26 Å². The maximum Gasteiger partial charge on any atom is 0.293 e. The molecule has 6 nitrogen and oxygen atoms in total. The average molecular weight is 317 g/mol. The van der Waals surface area contributed by atoms with Crippen molar-refractivity contribution in [3.8, 4) is 0 Å². The van der Waals surface area contributed by atoms with E-state index >= 15 is 0 Å². The van der Waals surface area contributed by atoms with Crippen molar-refractivity contribution in [2.45, 2.75) is 13.3 Å². The van der Waals surface area contributed by atoms with Crippen LogP contribution in [0, 0.1) is 0 Å². The predicted octanol–water partition coefficient (Wildman–Crippen LogP) is 2.75. The minimum Gasteiger partial charge on any atom is -0.459 e. The van der Waals surface area contributed by atoms with Crippen LogP contribution in [0.15, 0.2) is 47.1 Å². The molecule has 0 saturated carbocycles. The zero-order valence-electron chi connectivity index (χ0n) is 11.9. The lowest BCUT2D eigenvalue weighted by Gasteiger charge is -2.10. The predicted molar refractivity (Wildman–Crippen MR) is 87.8 cm³/mol. The molecule has 1 aromatic heterocycles. The van der Waals surface area contributed by atoms with E-state index in [9.17, 15) is 9.59 Å². The number of furan rings is 1. The smallest absolute Gasteiger partial charge is 0.293 e. The number of nitrogens with one attached hydrogen (secondary N) is 3. The first-order valence-electron chi connectivity index (χ1n) is 6.64. The summed E-state index contributed by atoms with van der Waals surface area (Å²) in [6.07, 6.45) is 1.81. The normalized spacial score (nSPS) is 9.86. The van der Waals surface area contributed by atoms with Gasteiger partial charge in [-0.2, -0.15) is 0 Å². The number of anilines is 2. The molecule has 0 fully saturated rings. The van der Waals surface area contributed by atoms with Crippen molar-refractivity contribution in [2.75, 3.05) is 10.6 Å². The van der Waals surface area contributed by atoms with E-state index in [1.54, 1.807) is 43.3 Å². The second-order valence-electron chi connectivity index (χ2n) is 4.37. The molecular weight excluding hydrogens is 302 g/mol. The third kappa shape index (κ3) is 4.42. The van der Waals surface area contributed by atoms with Crippen LogP contribution >= 0.6 is 12.2 Å². The molecule has 114 valence electrons. The Kier molecular flexibility index (Phi) is 5.26. The third-order valence-electron chi connectivity index (χ3n) is 2.70. The molecule has 0 saturated heterocycles. The molecule has 7 heteroatoms. The van der Waals surface area contributed by atoms with Crippen LogP contribution in [0.2, 0.25) is 0 Å². The number of carbonyl (C=O) groups is 2. The van der Waals surface area contributed by atoms with Gasteiger partial charge in [0.2, 0.25) is 5.91 Å². The lowest BCUT2D eigenvalue weighted by Crippen LogP contribution is -2.33. The van der Waals surface area contributed by atoms with Gasteiger partial charge in [-0.05, 0) is 42.5 Å². The van der Waals surface area contributed by atoms with E-state index in [2.05, 4.69) is 16.0 Å². The quantitative estimate of drug-likeness (QED) is 0.755. The van der Waals surface area contributed by atoms with Crippen molar-refractivity contribution in [1.82, 2.24) is 5.32 Å². The lowest BCUT2D eigenvalue weighted by molar-refractivity contribution is -0.115. The Bertz CT molecular complexity index is 683. The summed E-state index contributed by atoms with van der Waals surface area (Å²) in [5.74, 6) is -0.336. The van der Waals surface area contributed by atoms with Gasteiger partial charge in [-0.3, -0.25) is 14.9 Å². The Morgan fingerprint density at radius 3 is 2.50 bits per heavy atom. The number of amides is 2. The van der Waals surface area contributed by atoms with E-state index in [1.165, 1.54) is 6.26 Å². The zero-order chi connectivity index (χ0) is 15.9. The summed E-state index contributed by atoms with van der Waals surface area (Å²) in [5, 5.41) is 8.26. The van der Waals surface area contributed by atoms with Gasteiger partial charge in [-0.1, -0.05) is 13.0 Å². The zero-order valence-corrected chi connectivity index (χ0v) is 12.7.